The molecule has 3 aromatic heterocycles. The van der Waals surface area contributed by atoms with E-state index in [0.717, 1.165) is 22.4 Å². The first-order chi connectivity index (χ1) is 10.1. The van der Waals surface area contributed by atoms with Gasteiger partial charge in [-0.15, -0.1) is 0 Å². The van der Waals surface area contributed by atoms with E-state index in [-0.39, 0.29) is 12.1 Å². The van der Waals surface area contributed by atoms with Crippen molar-refractivity contribution >= 4 is 16.9 Å². The molecule has 3 aromatic rings. The molecular formula is C14H19N7. The molecule has 0 fully saturated rings. The molecule has 0 amide bonds. The van der Waals surface area contributed by atoms with Gasteiger partial charge in [0.05, 0.1) is 23.8 Å². The summed E-state index contributed by atoms with van der Waals surface area (Å²) in [4.78, 5) is 8.58. The van der Waals surface area contributed by atoms with Crippen molar-refractivity contribution in [1.29, 1.82) is 0 Å². The van der Waals surface area contributed by atoms with Crippen LogP contribution >= 0.6 is 0 Å². The van der Waals surface area contributed by atoms with Crippen LogP contribution in [0.15, 0.2) is 24.9 Å². The number of nitrogens with one attached hydrogen (secondary N) is 1. The molecule has 3 rings (SSSR count). The van der Waals surface area contributed by atoms with Crippen molar-refractivity contribution in [2.45, 2.75) is 32.9 Å². The Labute approximate surface area is 123 Å². The van der Waals surface area contributed by atoms with Crippen molar-refractivity contribution in [3.63, 3.8) is 0 Å². The van der Waals surface area contributed by atoms with Crippen LogP contribution in [0.3, 0.4) is 0 Å². The lowest BCUT2D eigenvalue weighted by Gasteiger charge is -2.22. The first kappa shape index (κ1) is 13.5. The number of fused-ring (bicyclic) bond motifs is 1. The van der Waals surface area contributed by atoms with E-state index in [2.05, 4.69) is 39.3 Å². The Morgan fingerprint density at radius 2 is 1.95 bits per heavy atom. The minimum atomic E-state index is 0.169. The van der Waals surface area contributed by atoms with Gasteiger partial charge in [0, 0.05) is 19.3 Å². The highest BCUT2D eigenvalue weighted by Gasteiger charge is 2.17. The zero-order chi connectivity index (χ0) is 15.0. The van der Waals surface area contributed by atoms with Gasteiger partial charge in [-0.2, -0.15) is 10.2 Å². The summed E-state index contributed by atoms with van der Waals surface area (Å²) in [7, 11) is 1.87. The van der Waals surface area contributed by atoms with E-state index in [0.29, 0.717) is 0 Å². The van der Waals surface area contributed by atoms with Gasteiger partial charge in [-0.1, -0.05) is 0 Å². The largest absolute Gasteiger partial charge is 0.365 e. The molecular weight excluding hydrogens is 266 g/mol. The average molecular weight is 285 g/mol. The summed E-state index contributed by atoms with van der Waals surface area (Å²) in [5.41, 5.74) is 1.98. The number of anilines is 1. The lowest BCUT2D eigenvalue weighted by molar-refractivity contribution is 0.443. The number of nitrogens with zero attached hydrogens (tertiary/aromatic N) is 6. The molecule has 7 nitrogen and oxygen atoms in total. The zero-order valence-electron chi connectivity index (χ0n) is 12.6. The second-order valence-corrected chi connectivity index (χ2v) is 5.40. The molecule has 0 saturated heterocycles. The molecule has 0 aliphatic heterocycles. The Bertz CT molecular complexity index is 758. The van der Waals surface area contributed by atoms with E-state index in [1.54, 1.807) is 17.2 Å². The van der Waals surface area contributed by atoms with Gasteiger partial charge in [-0.05, 0) is 26.3 Å². The topological polar surface area (TPSA) is 73.5 Å². The summed E-state index contributed by atoms with van der Waals surface area (Å²) in [5.74, 6) is 0.802. The van der Waals surface area contributed by atoms with E-state index in [9.17, 15) is 0 Å². The summed E-state index contributed by atoms with van der Waals surface area (Å²) in [6, 6.07) is 0.378. The Morgan fingerprint density at radius 1 is 1.14 bits per heavy atom. The maximum absolute atomic E-state index is 4.37. The fourth-order valence-corrected chi connectivity index (χ4v) is 2.30. The third kappa shape index (κ3) is 2.46. The number of rotatable bonds is 4. The summed E-state index contributed by atoms with van der Waals surface area (Å²) in [6.45, 7) is 6.29. The first-order valence-corrected chi connectivity index (χ1v) is 6.96. The lowest BCUT2D eigenvalue weighted by atomic mass is 10.1. The third-order valence-electron chi connectivity index (χ3n) is 3.77. The van der Waals surface area contributed by atoms with E-state index in [1.807, 2.05) is 31.0 Å². The van der Waals surface area contributed by atoms with Crippen molar-refractivity contribution in [2.75, 3.05) is 5.32 Å². The van der Waals surface area contributed by atoms with Gasteiger partial charge in [0.1, 0.15) is 12.1 Å². The molecule has 0 saturated carbocycles. The number of aromatic nitrogens is 6. The second-order valence-electron chi connectivity index (χ2n) is 5.40. The van der Waals surface area contributed by atoms with Crippen LogP contribution in [0.2, 0.25) is 0 Å². The van der Waals surface area contributed by atoms with Crippen molar-refractivity contribution in [3.8, 4) is 0 Å². The third-order valence-corrected chi connectivity index (χ3v) is 3.77. The van der Waals surface area contributed by atoms with E-state index >= 15 is 0 Å². The fraction of sp³-hybridized carbons (Fsp3) is 0.429. The number of hydrogen-bond acceptors (Lipinski definition) is 5. The van der Waals surface area contributed by atoms with Crippen molar-refractivity contribution in [3.05, 3.63) is 30.5 Å². The fourth-order valence-electron chi connectivity index (χ4n) is 2.30. The smallest absolute Gasteiger partial charge is 0.163 e. The van der Waals surface area contributed by atoms with Crippen molar-refractivity contribution in [1.82, 2.24) is 29.5 Å². The van der Waals surface area contributed by atoms with Crippen LogP contribution in [0.25, 0.3) is 11.0 Å². The van der Waals surface area contributed by atoms with Crippen molar-refractivity contribution in [2.24, 2.45) is 7.05 Å². The molecule has 1 N–H and O–H groups in total. The molecule has 0 aliphatic rings. The molecule has 3 heterocycles. The molecule has 7 heteroatoms. The predicted octanol–water partition coefficient (Wildman–Crippen LogP) is 1.93. The maximum Gasteiger partial charge on any atom is 0.163 e. The molecule has 0 aromatic carbocycles. The Hall–Kier alpha value is -2.44. The normalized spacial score (nSPS) is 14.3. The summed E-state index contributed by atoms with van der Waals surface area (Å²) in [5, 5.41) is 13.0. The molecule has 21 heavy (non-hydrogen) atoms. The van der Waals surface area contributed by atoms with Gasteiger partial charge in [0.2, 0.25) is 0 Å². The van der Waals surface area contributed by atoms with Crippen LogP contribution in [0.1, 0.15) is 25.5 Å². The number of aryl methyl sites for hydroxylation is 2. The van der Waals surface area contributed by atoms with Crippen LogP contribution in [0.5, 0.6) is 0 Å². The zero-order valence-corrected chi connectivity index (χ0v) is 12.6. The summed E-state index contributed by atoms with van der Waals surface area (Å²) >= 11 is 0. The Balaban J connectivity index is 1.84. The highest BCUT2D eigenvalue weighted by atomic mass is 15.3. The van der Waals surface area contributed by atoms with Crippen LogP contribution in [-0.4, -0.2) is 35.6 Å². The molecule has 0 unspecified atom stereocenters. The van der Waals surface area contributed by atoms with Crippen LogP contribution < -0.4 is 5.32 Å². The lowest BCUT2D eigenvalue weighted by Crippen LogP contribution is -2.27. The van der Waals surface area contributed by atoms with Crippen LogP contribution in [0.4, 0.5) is 5.82 Å². The van der Waals surface area contributed by atoms with Gasteiger partial charge < -0.3 is 5.32 Å². The first-order valence-electron chi connectivity index (χ1n) is 6.96. The summed E-state index contributed by atoms with van der Waals surface area (Å²) in [6.07, 6.45) is 7.25. The second kappa shape index (κ2) is 5.16. The van der Waals surface area contributed by atoms with Crippen LogP contribution in [0, 0.1) is 6.92 Å². The molecule has 0 aliphatic carbocycles. The van der Waals surface area contributed by atoms with Gasteiger partial charge in [-0.3, -0.25) is 9.36 Å². The van der Waals surface area contributed by atoms with Crippen LogP contribution in [-0.2, 0) is 7.05 Å². The average Bonchev–Trinajstić information content (AvgIpc) is 3.06. The quantitative estimate of drug-likeness (QED) is 0.793. The monoisotopic (exact) mass is 285 g/mol. The standard InChI is InChI=1S/C14H19N7/c1-9-5-18-21(7-9)11(3)10(2)19-13-12-6-17-20(4)14(12)16-8-15-13/h5-8,10-11H,1-4H3,(H,15,16,19)/t10-,11-/m0/s1. The van der Waals surface area contributed by atoms with Gasteiger partial charge in [0.25, 0.3) is 0 Å². The SMILES string of the molecule is Cc1cnn([C@@H](C)[C@H](C)Nc2ncnc3c2cnn3C)c1. The highest BCUT2D eigenvalue weighted by molar-refractivity contribution is 5.86. The molecule has 110 valence electrons. The molecule has 0 spiro atoms. The van der Waals surface area contributed by atoms with Gasteiger partial charge >= 0.3 is 0 Å². The molecule has 2 atom stereocenters. The predicted molar refractivity (Wildman–Crippen MR) is 81.1 cm³/mol. The molecule has 0 bridgehead atoms. The Kier molecular flexibility index (Phi) is 3.32. The van der Waals surface area contributed by atoms with E-state index < -0.39 is 0 Å². The number of hydrogen-bond donors (Lipinski definition) is 1. The Morgan fingerprint density at radius 3 is 2.67 bits per heavy atom. The highest BCUT2D eigenvalue weighted by Crippen LogP contribution is 2.21. The minimum Gasteiger partial charge on any atom is -0.365 e. The molecule has 0 radical (unpaired) electrons. The van der Waals surface area contributed by atoms with Gasteiger partial charge in [0.15, 0.2) is 5.65 Å². The summed E-state index contributed by atoms with van der Waals surface area (Å²) < 4.78 is 3.71. The minimum absolute atomic E-state index is 0.169. The van der Waals surface area contributed by atoms with Gasteiger partial charge in [-0.25, -0.2) is 9.97 Å². The van der Waals surface area contributed by atoms with Crippen molar-refractivity contribution < 1.29 is 0 Å². The maximum atomic E-state index is 4.37. The van der Waals surface area contributed by atoms with E-state index in [1.165, 1.54) is 0 Å². The van der Waals surface area contributed by atoms with E-state index in [4.69, 9.17) is 0 Å².